The summed E-state index contributed by atoms with van der Waals surface area (Å²) in [5, 5.41) is 0. The second-order valence-electron chi connectivity index (χ2n) is 9.40. The van der Waals surface area contributed by atoms with E-state index in [0.29, 0.717) is 0 Å². The standard InChI is InChI=1S/C24H50O2/c1-8-11-24(25-18-16-22(6)14-9-12-20(2)3)26-19-17-23(7)15-10-13-21(4)5/h20-24H,8-19H2,1-7H3. The maximum Gasteiger partial charge on any atom is 0.157 e. The Bertz CT molecular complexity index is 262. The van der Waals surface area contributed by atoms with Crippen LogP contribution in [0.25, 0.3) is 0 Å². The van der Waals surface area contributed by atoms with Gasteiger partial charge in [-0.2, -0.15) is 0 Å². The molecular formula is C24H50O2. The van der Waals surface area contributed by atoms with Gasteiger partial charge in [-0.15, -0.1) is 0 Å². The Hall–Kier alpha value is -0.0800. The van der Waals surface area contributed by atoms with Crippen molar-refractivity contribution < 1.29 is 9.47 Å². The van der Waals surface area contributed by atoms with E-state index >= 15 is 0 Å². The zero-order valence-corrected chi connectivity index (χ0v) is 19.2. The molecule has 0 amide bonds. The van der Waals surface area contributed by atoms with Gasteiger partial charge in [-0.25, -0.2) is 0 Å². The molecule has 0 N–H and O–H groups in total. The second-order valence-corrected chi connectivity index (χ2v) is 9.40. The van der Waals surface area contributed by atoms with Gasteiger partial charge in [0.1, 0.15) is 0 Å². The van der Waals surface area contributed by atoms with Gasteiger partial charge >= 0.3 is 0 Å². The summed E-state index contributed by atoms with van der Waals surface area (Å²) >= 11 is 0. The quantitative estimate of drug-likeness (QED) is 0.229. The zero-order chi connectivity index (χ0) is 19.8. The van der Waals surface area contributed by atoms with Gasteiger partial charge in [-0.1, -0.05) is 93.4 Å². The molecule has 0 aliphatic heterocycles. The molecule has 26 heavy (non-hydrogen) atoms. The molecule has 158 valence electrons. The lowest BCUT2D eigenvalue weighted by Crippen LogP contribution is -2.20. The van der Waals surface area contributed by atoms with Crippen LogP contribution in [0.15, 0.2) is 0 Å². The van der Waals surface area contributed by atoms with Crippen LogP contribution in [0.3, 0.4) is 0 Å². The fraction of sp³-hybridized carbons (Fsp3) is 1.00. The number of hydrogen-bond donors (Lipinski definition) is 0. The summed E-state index contributed by atoms with van der Waals surface area (Å²) in [5.74, 6) is 3.18. The Balaban J connectivity index is 3.81. The number of ether oxygens (including phenoxy) is 2. The molecule has 0 aromatic heterocycles. The van der Waals surface area contributed by atoms with Crippen molar-refractivity contribution in [3.8, 4) is 0 Å². The third kappa shape index (κ3) is 17.3. The van der Waals surface area contributed by atoms with Crippen molar-refractivity contribution in [2.45, 2.75) is 119 Å². The molecule has 0 spiro atoms. The van der Waals surface area contributed by atoms with Gasteiger partial charge in [0, 0.05) is 13.2 Å². The van der Waals surface area contributed by atoms with Gasteiger partial charge in [-0.05, 0) is 42.9 Å². The third-order valence-electron chi connectivity index (χ3n) is 5.31. The number of hydrogen-bond acceptors (Lipinski definition) is 2. The lowest BCUT2D eigenvalue weighted by atomic mass is 9.97. The summed E-state index contributed by atoms with van der Waals surface area (Å²) in [5.41, 5.74) is 0. The van der Waals surface area contributed by atoms with E-state index in [9.17, 15) is 0 Å². The Morgan fingerprint density at radius 3 is 1.31 bits per heavy atom. The van der Waals surface area contributed by atoms with E-state index < -0.39 is 0 Å². The first-order valence-corrected chi connectivity index (χ1v) is 11.6. The van der Waals surface area contributed by atoms with E-state index in [1.54, 1.807) is 0 Å². The predicted octanol–water partition coefficient (Wildman–Crippen LogP) is 7.85. The first-order valence-electron chi connectivity index (χ1n) is 11.6. The van der Waals surface area contributed by atoms with Crippen LogP contribution in [0, 0.1) is 23.7 Å². The summed E-state index contributed by atoms with van der Waals surface area (Å²) in [6.45, 7) is 17.9. The summed E-state index contributed by atoms with van der Waals surface area (Å²) in [6.07, 6.45) is 12.5. The normalized spacial score (nSPS) is 15.6. The van der Waals surface area contributed by atoms with Crippen molar-refractivity contribution in [2.24, 2.45) is 23.7 Å². The van der Waals surface area contributed by atoms with Crippen molar-refractivity contribution in [3.05, 3.63) is 0 Å². The highest BCUT2D eigenvalue weighted by Gasteiger charge is 2.11. The lowest BCUT2D eigenvalue weighted by Gasteiger charge is -2.21. The van der Waals surface area contributed by atoms with Gasteiger partial charge in [0.2, 0.25) is 0 Å². The highest BCUT2D eigenvalue weighted by Crippen LogP contribution is 2.18. The van der Waals surface area contributed by atoms with Crippen molar-refractivity contribution in [1.82, 2.24) is 0 Å². The Morgan fingerprint density at radius 1 is 0.538 bits per heavy atom. The first kappa shape index (κ1) is 25.9. The maximum atomic E-state index is 6.05. The zero-order valence-electron chi connectivity index (χ0n) is 19.2. The van der Waals surface area contributed by atoms with Crippen LogP contribution in [-0.2, 0) is 9.47 Å². The summed E-state index contributed by atoms with van der Waals surface area (Å²) in [7, 11) is 0. The molecule has 2 nitrogen and oxygen atoms in total. The van der Waals surface area contributed by atoms with Gasteiger partial charge in [0.05, 0.1) is 0 Å². The Labute approximate surface area is 165 Å². The molecule has 0 heterocycles. The van der Waals surface area contributed by atoms with Gasteiger partial charge in [0.25, 0.3) is 0 Å². The molecule has 0 aromatic rings. The molecule has 0 fully saturated rings. The fourth-order valence-electron chi connectivity index (χ4n) is 3.29. The molecule has 0 aromatic carbocycles. The molecule has 0 saturated carbocycles. The first-order chi connectivity index (χ1) is 12.3. The molecular weight excluding hydrogens is 320 g/mol. The topological polar surface area (TPSA) is 18.5 Å². The molecule has 0 aliphatic carbocycles. The van der Waals surface area contributed by atoms with E-state index in [0.717, 1.165) is 62.6 Å². The fourth-order valence-corrected chi connectivity index (χ4v) is 3.29. The van der Waals surface area contributed by atoms with E-state index in [1.807, 2.05) is 0 Å². The highest BCUT2D eigenvalue weighted by atomic mass is 16.7. The minimum atomic E-state index is 0.00530. The van der Waals surface area contributed by atoms with E-state index in [-0.39, 0.29) is 6.29 Å². The largest absolute Gasteiger partial charge is 0.353 e. The second kappa shape index (κ2) is 17.0. The van der Waals surface area contributed by atoms with E-state index in [1.165, 1.54) is 38.5 Å². The van der Waals surface area contributed by atoms with Crippen LogP contribution in [0.1, 0.15) is 113 Å². The summed E-state index contributed by atoms with van der Waals surface area (Å²) < 4.78 is 12.1. The smallest absolute Gasteiger partial charge is 0.157 e. The van der Waals surface area contributed by atoms with Crippen molar-refractivity contribution in [3.63, 3.8) is 0 Å². The molecule has 0 rings (SSSR count). The average Bonchev–Trinajstić information content (AvgIpc) is 2.54. The Kier molecular flexibility index (Phi) is 17.0. The van der Waals surface area contributed by atoms with Crippen molar-refractivity contribution >= 4 is 0 Å². The molecule has 0 aliphatic rings. The van der Waals surface area contributed by atoms with Crippen molar-refractivity contribution in [1.29, 1.82) is 0 Å². The SMILES string of the molecule is CCCC(OCCC(C)CCCC(C)C)OCCC(C)CCCC(C)C. The van der Waals surface area contributed by atoms with Crippen LogP contribution in [0.5, 0.6) is 0 Å². The maximum absolute atomic E-state index is 6.05. The molecule has 0 bridgehead atoms. The van der Waals surface area contributed by atoms with E-state index in [2.05, 4.69) is 48.5 Å². The minimum absolute atomic E-state index is 0.00530. The summed E-state index contributed by atoms with van der Waals surface area (Å²) in [6, 6.07) is 0. The molecule has 0 radical (unpaired) electrons. The monoisotopic (exact) mass is 370 g/mol. The third-order valence-corrected chi connectivity index (χ3v) is 5.31. The van der Waals surface area contributed by atoms with Crippen LogP contribution in [0.4, 0.5) is 0 Å². The van der Waals surface area contributed by atoms with Gasteiger partial charge < -0.3 is 9.47 Å². The molecule has 2 atom stereocenters. The van der Waals surface area contributed by atoms with Crippen LogP contribution in [-0.4, -0.2) is 19.5 Å². The predicted molar refractivity (Wildman–Crippen MR) is 116 cm³/mol. The van der Waals surface area contributed by atoms with Gasteiger partial charge in [0.15, 0.2) is 6.29 Å². The average molecular weight is 371 g/mol. The molecule has 2 heteroatoms. The van der Waals surface area contributed by atoms with Crippen molar-refractivity contribution in [2.75, 3.05) is 13.2 Å². The minimum Gasteiger partial charge on any atom is -0.353 e. The van der Waals surface area contributed by atoms with Gasteiger partial charge in [-0.3, -0.25) is 0 Å². The Morgan fingerprint density at radius 2 is 0.962 bits per heavy atom. The number of rotatable bonds is 18. The summed E-state index contributed by atoms with van der Waals surface area (Å²) in [4.78, 5) is 0. The molecule has 2 unspecified atom stereocenters. The van der Waals surface area contributed by atoms with Crippen LogP contribution < -0.4 is 0 Å². The highest BCUT2D eigenvalue weighted by molar-refractivity contribution is 4.57. The molecule has 0 saturated heterocycles. The van der Waals surface area contributed by atoms with E-state index in [4.69, 9.17) is 9.47 Å². The lowest BCUT2D eigenvalue weighted by molar-refractivity contribution is -0.150. The van der Waals surface area contributed by atoms with Crippen LogP contribution >= 0.6 is 0 Å². The van der Waals surface area contributed by atoms with Crippen LogP contribution in [0.2, 0.25) is 0 Å².